The molecule has 0 aromatic heterocycles. The van der Waals surface area contributed by atoms with E-state index in [1.807, 2.05) is 36.4 Å². The van der Waals surface area contributed by atoms with Gasteiger partial charge in [0.2, 0.25) is 0 Å². The van der Waals surface area contributed by atoms with Crippen LogP contribution in [0.4, 0.5) is 0 Å². The number of hydrogen-bond donors (Lipinski definition) is 0. The van der Waals surface area contributed by atoms with Crippen molar-refractivity contribution in [3.8, 4) is 6.07 Å². The van der Waals surface area contributed by atoms with Gasteiger partial charge < -0.3 is 0 Å². The number of benzene rings is 2. The summed E-state index contributed by atoms with van der Waals surface area (Å²) in [6.45, 7) is 0. The third kappa shape index (κ3) is 2.79. The summed E-state index contributed by atoms with van der Waals surface area (Å²) in [5, 5.41) is 9.19. The normalized spacial score (nSPS) is 11.8. The molecule has 1 atom stereocenters. The molecular weight excluding hydrogens is 253 g/mol. The third-order valence-corrected chi connectivity index (χ3v) is 3.25. The summed E-state index contributed by atoms with van der Waals surface area (Å²) in [7, 11) is 0. The first-order valence-corrected chi connectivity index (χ1v) is 5.92. The van der Waals surface area contributed by atoms with Gasteiger partial charge in [0.1, 0.15) is 0 Å². The highest BCUT2D eigenvalue weighted by Crippen LogP contribution is 2.29. The van der Waals surface area contributed by atoms with Crippen molar-refractivity contribution in [1.29, 1.82) is 5.26 Å². The standard InChI is InChI=1S/C14H9Cl2N/c15-13-7-5-12(6-8-13)14(16)11-3-1-10(9-17)2-4-11/h1-8,14H. The largest absolute Gasteiger partial charge is 0.192 e. The zero-order chi connectivity index (χ0) is 12.3. The molecule has 0 saturated heterocycles. The maximum absolute atomic E-state index is 8.72. The van der Waals surface area contributed by atoms with Gasteiger partial charge in [0.25, 0.3) is 0 Å². The molecule has 1 unspecified atom stereocenters. The number of hydrogen-bond acceptors (Lipinski definition) is 1. The Morgan fingerprint density at radius 1 is 0.882 bits per heavy atom. The summed E-state index contributed by atoms with van der Waals surface area (Å²) in [4.78, 5) is 0. The van der Waals surface area contributed by atoms with Crippen LogP contribution < -0.4 is 0 Å². The van der Waals surface area contributed by atoms with Gasteiger partial charge in [-0.3, -0.25) is 0 Å². The number of nitrogens with zero attached hydrogens (tertiary/aromatic N) is 1. The van der Waals surface area contributed by atoms with Crippen molar-refractivity contribution in [1.82, 2.24) is 0 Å². The van der Waals surface area contributed by atoms with E-state index in [0.29, 0.717) is 10.6 Å². The molecule has 2 rings (SSSR count). The van der Waals surface area contributed by atoms with Crippen molar-refractivity contribution in [2.24, 2.45) is 0 Å². The minimum absolute atomic E-state index is 0.222. The molecule has 0 amide bonds. The van der Waals surface area contributed by atoms with Gasteiger partial charge in [-0.25, -0.2) is 0 Å². The van der Waals surface area contributed by atoms with E-state index in [1.165, 1.54) is 0 Å². The molecule has 1 nitrogen and oxygen atoms in total. The average molecular weight is 262 g/mol. The van der Waals surface area contributed by atoms with Crippen molar-refractivity contribution >= 4 is 23.2 Å². The molecule has 17 heavy (non-hydrogen) atoms. The van der Waals surface area contributed by atoms with Crippen LogP contribution in [-0.4, -0.2) is 0 Å². The lowest BCUT2D eigenvalue weighted by Crippen LogP contribution is -1.92. The van der Waals surface area contributed by atoms with Crippen molar-refractivity contribution in [2.45, 2.75) is 5.38 Å². The van der Waals surface area contributed by atoms with E-state index in [0.717, 1.165) is 11.1 Å². The highest BCUT2D eigenvalue weighted by molar-refractivity contribution is 6.30. The van der Waals surface area contributed by atoms with Crippen LogP contribution in [0, 0.1) is 11.3 Å². The lowest BCUT2D eigenvalue weighted by atomic mass is 10.0. The van der Waals surface area contributed by atoms with Gasteiger partial charge in [-0.1, -0.05) is 35.9 Å². The monoisotopic (exact) mass is 261 g/mol. The van der Waals surface area contributed by atoms with Gasteiger partial charge in [0.05, 0.1) is 17.0 Å². The van der Waals surface area contributed by atoms with Crippen molar-refractivity contribution in [3.05, 3.63) is 70.2 Å². The second-order valence-corrected chi connectivity index (χ2v) is 4.52. The molecule has 0 N–H and O–H groups in total. The van der Waals surface area contributed by atoms with E-state index in [1.54, 1.807) is 12.1 Å². The molecule has 0 aliphatic heterocycles. The van der Waals surface area contributed by atoms with Crippen LogP contribution in [0.3, 0.4) is 0 Å². The smallest absolute Gasteiger partial charge is 0.0991 e. The van der Waals surface area contributed by atoms with E-state index in [9.17, 15) is 0 Å². The van der Waals surface area contributed by atoms with Gasteiger partial charge in [0, 0.05) is 5.02 Å². The fraction of sp³-hybridized carbons (Fsp3) is 0.0714. The second-order valence-electron chi connectivity index (χ2n) is 3.65. The van der Waals surface area contributed by atoms with Crippen LogP contribution in [0.5, 0.6) is 0 Å². The lowest BCUT2D eigenvalue weighted by molar-refractivity contribution is 1.14. The van der Waals surface area contributed by atoms with E-state index in [2.05, 4.69) is 6.07 Å². The van der Waals surface area contributed by atoms with Crippen LogP contribution in [-0.2, 0) is 0 Å². The summed E-state index contributed by atoms with van der Waals surface area (Å²) in [6.07, 6.45) is 0. The predicted octanol–water partition coefficient (Wildman–Crippen LogP) is 4.54. The van der Waals surface area contributed by atoms with E-state index < -0.39 is 0 Å². The topological polar surface area (TPSA) is 23.8 Å². The Balaban J connectivity index is 2.27. The molecule has 0 fully saturated rings. The molecule has 0 heterocycles. The molecule has 0 aliphatic carbocycles. The Morgan fingerprint density at radius 2 is 1.35 bits per heavy atom. The molecule has 0 radical (unpaired) electrons. The predicted molar refractivity (Wildman–Crippen MR) is 70.3 cm³/mol. The maximum atomic E-state index is 8.72. The summed E-state index contributed by atoms with van der Waals surface area (Å²) < 4.78 is 0. The first-order chi connectivity index (χ1) is 8.20. The lowest BCUT2D eigenvalue weighted by Gasteiger charge is -2.10. The summed E-state index contributed by atoms with van der Waals surface area (Å²) in [5.41, 5.74) is 2.59. The maximum Gasteiger partial charge on any atom is 0.0991 e. The molecule has 3 heteroatoms. The first-order valence-electron chi connectivity index (χ1n) is 5.10. The van der Waals surface area contributed by atoms with Gasteiger partial charge in [-0.15, -0.1) is 11.6 Å². The van der Waals surface area contributed by atoms with E-state index in [4.69, 9.17) is 28.5 Å². The van der Waals surface area contributed by atoms with E-state index in [-0.39, 0.29) is 5.38 Å². The minimum atomic E-state index is -0.222. The van der Waals surface area contributed by atoms with Crippen molar-refractivity contribution in [3.63, 3.8) is 0 Å². The minimum Gasteiger partial charge on any atom is -0.192 e. The molecule has 2 aromatic rings. The number of rotatable bonds is 2. The average Bonchev–Trinajstić information content (AvgIpc) is 2.39. The van der Waals surface area contributed by atoms with Crippen LogP contribution in [0.2, 0.25) is 5.02 Å². The quantitative estimate of drug-likeness (QED) is 0.729. The Bertz CT molecular complexity index is 538. The van der Waals surface area contributed by atoms with Crippen LogP contribution in [0.25, 0.3) is 0 Å². The Hall–Kier alpha value is -1.49. The zero-order valence-electron chi connectivity index (χ0n) is 8.90. The third-order valence-electron chi connectivity index (χ3n) is 2.50. The second kappa shape index (κ2) is 5.23. The number of alkyl halides is 1. The zero-order valence-corrected chi connectivity index (χ0v) is 10.4. The Morgan fingerprint density at radius 3 is 1.82 bits per heavy atom. The van der Waals surface area contributed by atoms with Crippen LogP contribution in [0.1, 0.15) is 22.1 Å². The fourth-order valence-corrected chi connectivity index (χ4v) is 1.97. The van der Waals surface area contributed by atoms with Gasteiger partial charge in [0.15, 0.2) is 0 Å². The molecule has 0 bridgehead atoms. The first kappa shape index (κ1) is 12.0. The number of nitriles is 1. The fourth-order valence-electron chi connectivity index (χ4n) is 1.55. The van der Waals surface area contributed by atoms with Gasteiger partial charge in [-0.05, 0) is 35.4 Å². The van der Waals surface area contributed by atoms with Crippen LogP contribution in [0.15, 0.2) is 48.5 Å². The molecule has 0 aliphatic rings. The molecular formula is C14H9Cl2N. The van der Waals surface area contributed by atoms with E-state index >= 15 is 0 Å². The Labute approximate surface area is 110 Å². The summed E-state index contributed by atoms with van der Waals surface area (Å²) in [6, 6.07) is 16.8. The molecule has 84 valence electrons. The highest BCUT2D eigenvalue weighted by atomic mass is 35.5. The van der Waals surface area contributed by atoms with Gasteiger partial charge >= 0.3 is 0 Å². The molecule has 0 spiro atoms. The van der Waals surface area contributed by atoms with Gasteiger partial charge in [-0.2, -0.15) is 5.26 Å². The van der Waals surface area contributed by atoms with Crippen molar-refractivity contribution in [2.75, 3.05) is 0 Å². The molecule has 2 aromatic carbocycles. The van der Waals surface area contributed by atoms with Crippen molar-refractivity contribution < 1.29 is 0 Å². The summed E-state index contributed by atoms with van der Waals surface area (Å²) >= 11 is 12.2. The Kier molecular flexibility index (Phi) is 3.68. The highest BCUT2D eigenvalue weighted by Gasteiger charge is 2.10. The van der Waals surface area contributed by atoms with Crippen LogP contribution >= 0.6 is 23.2 Å². The molecule has 0 saturated carbocycles. The SMILES string of the molecule is N#Cc1ccc(C(Cl)c2ccc(Cl)cc2)cc1. The number of halogens is 2. The summed E-state index contributed by atoms with van der Waals surface area (Å²) in [5.74, 6) is 0.